The van der Waals surface area contributed by atoms with Gasteiger partial charge in [-0.25, -0.2) is 4.98 Å². The van der Waals surface area contributed by atoms with E-state index in [-0.39, 0.29) is 5.91 Å². The van der Waals surface area contributed by atoms with Crippen LogP contribution in [0.2, 0.25) is 0 Å². The molecule has 2 aromatic rings. The first-order chi connectivity index (χ1) is 10.7. The van der Waals surface area contributed by atoms with Crippen LogP contribution in [0.5, 0.6) is 5.75 Å². The molecule has 0 spiro atoms. The van der Waals surface area contributed by atoms with E-state index < -0.39 is 0 Å². The van der Waals surface area contributed by atoms with Gasteiger partial charge in [0.25, 0.3) is 5.91 Å². The van der Waals surface area contributed by atoms with Crippen LogP contribution in [0, 0.1) is 5.92 Å². The van der Waals surface area contributed by atoms with E-state index >= 15 is 0 Å². The number of methoxy groups -OCH3 is 1. The molecule has 1 saturated heterocycles. The number of aromatic nitrogens is 2. The van der Waals surface area contributed by atoms with Gasteiger partial charge in [0.1, 0.15) is 5.69 Å². The van der Waals surface area contributed by atoms with Crippen molar-refractivity contribution >= 4 is 11.6 Å². The van der Waals surface area contributed by atoms with Crippen LogP contribution in [-0.2, 0) is 6.42 Å². The lowest BCUT2D eigenvalue weighted by Gasteiger charge is -2.31. The molecule has 5 heteroatoms. The lowest BCUT2D eigenvalue weighted by atomic mass is 10.00. The van der Waals surface area contributed by atoms with Crippen molar-refractivity contribution in [2.75, 3.05) is 20.2 Å². The first-order valence-corrected chi connectivity index (χ1v) is 7.99. The smallest absolute Gasteiger partial charge is 0.272 e. The minimum Gasteiger partial charge on any atom is -0.493 e. The van der Waals surface area contributed by atoms with Crippen LogP contribution in [0.1, 0.15) is 42.9 Å². The molecule has 5 nitrogen and oxygen atoms in total. The van der Waals surface area contributed by atoms with Crippen LogP contribution in [0.3, 0.4) is 0 Å². The summed E-state index contributed by atoms with van der Waals surface area (Å²) < 4.78 is 7.25. The first-order valence-electron chi connectivity index (χ1n) is 7.99. The number of hydrogen-bond donors (Lipinski definition) is 0. The Hall–Kier alpha value is -2.04. The number of piperidine rings is 1. The second kappa shape index (κ2) is 5.99. The normalized spacial score (nSPS) is 18.7. The topological polar surface area (TPSA) is 46.8 Å². The minimum absolute atomic E-state index is 0.0872. The van der Waals surface area contributed by atoms with Gasteiger partial charge in [0.2, 0.25) is 0 Å². The molecule has 1 atom stereocenters. The van der Waals surface area contributed by atoms with Crippen LogP contribution < -0.4 is 4.74 Å². The number of nitrogens with zero attached hydrogens (tertiary/aromatic N) is 3. The van der Waals surface area contributed by atoms with Crippen molar-refractivity contribution in [1.29, 1.82) is 0 Å². The van der Waals surface area contributed by atoms with Crippen molar-refractivity contribution in [3.05, 3.63) is 29.7 Å². The van der Waals surface area contributed by atoms with E-state index in [0.29, 0.717) is 17.4 Å². The zero-order valence-electron chi connectivity index (χ0n) is 13.5. The number of ether oxygens (including phenoxy) is 1. The van der Waals surface area contributed by atoms with Gasteiger partial charge in [-0.15, -0.1) is 0 Å². The summed E-state index contributed by atoms with van der Waals surface area (Å²) in [6.07, 6.45) is 4.90. The molecule has 1 fully saturated rings. The van der Waals surface area contributed by atoms with Gasteiger partial charge in [-0.3, -0.25) is 9.20 Å². The van der Waals surface area contributed by atoms with Gasteiger partial charge < -0.3 is 9.64 Å². The number of hydrogen-bond acceptors (Lipinski definition) is 3. The third kappa shape index (κ3) is 2.45. The number of pyridine rings is 1. The number of fused-ring (bicyclic) bond motifs is 1. The van der Waals surface area contributed by atoms with E-state index in [0.717, 1.165) is 37.3 Å². The highest BCUT2D eigenvalue weighted by Gasteiger charge is 2.27. The molecule has 22 heavy (non-hydrogen) atoms. The Labute approximate surface area is 130 Å². The predicted molar refractivity (Wildman–Crippen MR) is 85.4 cm³/mol. The van der Waals surface area contributed by atoms with Crippen LogP contribution in [0.4, 0.5) is 0 Å². The maximum absolute atomic E-state index is 13.0. The Balaban J connectivity index is 2.07. The molecule has 118 valence electrons. The fourth-order valence-corrected chi connectivity index (χ4v) is 3.25. The summed E-state index contributed by atoms with van der Waals surface area (Å²) in [5.41, 5.74) is 2.24. The van der Waals surface area contributed by atoms with E-state index in [4.69, 9.17) is 4.74 Å². The van der Waals surface area contributed by atoms with Gasteiger partial charge in [-0.1, -0.05) is 13.8 Å². The quantitative estimate of drug-likeness (QED) is 0.876. The molecule has 2 aromatic heterocycles. The van der Waals surface area contributed by atoms with Gasteiger partial charge in [0, 0.05) is 19.3 Å². The number of carbonyl (C=O) groups is 1. The molecule has 0 radical (unpaired) electrons. The molecule has 0 aliphatic carbocycles. The molecule has 0 N–H and O–H groups in total. The number of likely N-dealkylation sites (tertiary alicyclic amines) is 1. The zero-order valence-corrected chi connectivity index (χ0v) is 13.5. The molecule has 1 amide bonds. The third-order valence-electron chi connectivity index (χ3n) is 4.39. The summed E-state index contributed by atoms with van der Waals surface area (Å²) in [5.74, 6) is 1.35. The van der Waals surface area contributed by atoms with Crippen LogP contribution in [-0.4, -0.2) is 40.4 Å². The number of carbonyl (C=O) groups excluding carboxylic acids is 1. The van der Waals surface area contributed by atoms with E-state index in [1.807, 2.05) is 34.6 Å². The highest BCUT2D eigenvalue weighted by molar-refractivity contribution is 5.95. The van der Waals surface area contributed by atoms with Crippen LogP contribution in [0.25, 0.3) is 5.65 Å². The number of aryl methyl sites for hydroxylation is 1. The molecule has 1 unspecified atom stereocenters. The molecule has 1 aliphatic rings. The van der Waals surface area contributed by atoms with Crippen LogP contribution in [0.15, 0.2) is 18.3 Å². The van der Waals surface area contributed by atoms with Gasteiger partial charge >= 0.3 is 0 Å². The second-order valence-electron chi connectivity index (χ2n) is 6.03. The molecule has 3 rings (SSSR count). The molecular weight excluding hydrogens is 278 g/mol. The van der Waals surface area contributed by atoms with Crippen molar-refractivity contribution in [3.8, 4) is 5.75 Å². The fraction of sp³-hybridized carbons (Fsp3) is 0.529. The number of rotatable bonds is 3. The second-order valence-corrected chi connectivity index (χ2v) is 6.03. The SMILES string of the molecule is CCc1nc2c(OC)cccn2c1C(=O)N1CCCC(C)C1. The molecule has 0 bridgehead atoms. The third-order valence-corrected chi connectivity index (χ3v) is 4.39. The Kier molecular flexibility index (Phi) is 4.05. The zero-order chi connectivity index (χ0) is 15.7. The van der Waals surface area contributed by atoms with Gasteiger partial charge in [-0.2, -0.15) is 0 Å². The average molecular weight is 301 g/mol. The van der Waals surface area contributed by atoms with E-state index in [2.05, 4.69) is 11.9 Å². The molecule has 0 saturated carbocycles. The Morgan fingerprint density at radius 2 is 2.32 bits per heavy atom. The van der Waals surface area contributed by atoms with E-state index in [1.165, 1.54) is 6.42 Å². The van der Waals surface area contributed by atoms with Crippen LogP contribution >= 0.6 is 0 Å². The molecular formula is C17H23N3O2. The number of amides is 1. The Bertz CT molecular complexity index is 693. The summed E-state index contributed by atoms with van der Waals surface area (Å²) in [6.45, 7) is 5.91. The van der Waals surface area contributed by atoms with Crippen molar-refractivity contribution in [1.82, 2.24) is 14.3 Å². The maximum atomic E-state index is 13.0. The van der Waals surface area contributed by atoms with Gasteiger partial charge in [0.15, 0.2) is 11.4 Å². The molecule has 0 aromatic carbocycles. The maximum Gasteiger partial charge on any atom is 0.272 e. The Morgan fingerprint density at radius 1 is 1.50 bits per heavy atom. The predicted octanol–water partition coefficient (Wildman–Crippen LogP) is 2.78. The summed E-state index contributed by atoms with van der Waals surface area (Å²) in [6, 6.07) is 3.77. The molecule has 1 aliphatic heterocycles. The lowest BCUT2D eigenvalue weighted by molar-refractivity contribution is 0.0675. The van der Waals surface area contributed by atoms with Crippen molar-refractivity contribution in [2.24, 2.45) is 5.92 Å². The van der Waals surface area contributed by atoms with Crippen molar-refractivity contribution in [3.63, 3.8) is 0 Å². The standard InChI is InChI=1S/C17H23N3O2/c1-4-13-15(17(21)19-9-5-7-12(2)11-19)20-10-6-8-14(22-3)16(20)18-13/h6,8,10,12H,4-5,7,9,11H2,1-3H3. The summed E-state index contributed by atoms with van der Waals surface area (Å²) in [4.78, 5) is 19.6. The average Bonchev–Trinajstić information content (AvgIpc) is 2.92. The summed E-state index contributed by atoms with van der Waals surface area (Å²) in [5, 5.41) is 0. The van der Waals surface area contributed by atoms with Gasteiger partial charge in [0.05, 0.1) is 12.8 Å². The van der Waals surface area contributed by atoms with E-state index in [9.17, 15) is 4.79 Å². The van der Waals surface area contributed by atoms with E-state index in [1.54, 1.807) is 7.11 Å². The summed E-state index contributed by atoms with van der Waals surface area (Å²) >= 11 is 0. The van der Waals surface area contributed by atoms with Gasteiger partial charge in [-0.05, 0) is 37.3 Å². The highest BCUT2D eigenvalue weighted by Crippen LogP contribution is 2.25. The minimum atomic E-state index is 0.0872. The Morgan fingerprint density at radius 3 is 3.00 bits per heavy atom. The monoisotopic (exact) mass is 301 g/mol. The highest BCUT2D eigenvalue weighted by atomic mass is 16.5. The molecule has 3 heterocycles. The fourth-order valence-electron chi connectivity index (χ4n) is 3.25. The van der Waals surface area contributed by atoms with Crippen molar-refractivity contribution in [2.45, 2.75) is 33.1 Å². The largest absolute Gasteiger partial charge is 0.493 e. The number of imidazole rings is 1. The first kappa shape index (κ1) is 14.9. The van der Waals surface area contributed by atoms with Crippen molar-refractivity contribution < 1.29 is 9.53 Å². The lowest BCUT2D eigenvalue weighted by Crippen LogP contribution is -2.40. The summed E-state index contributed by atoms with van der Waals surface area (Å²) in [7, 11) is 1.63.